The predicted octanol–water partition coefficient (Wildman–Crippen LogP) is 2.74. The smallest absolute Gasteiger partial charge is 0.331 e. The summed E-state index contributed by atoms with van der Waals surface area (Å²) in [4.78, 5) is 23.1. The van der Waals surface area contributed by atoms with Crippen molar-refractivity contribution >= 4 is 18.0 Å². The molecule has 0 unspecified atom stereocenters. The zero-order valence-electron chi connectivity index (χ0n) is 13.1. The molecule has 2 rings (SSSR count). The molecule has 0 saturated heterocycles. The maximum absolute atomic E-state index is 12.8. The molecule has 0 saturated carbocycles. The second kappa shape index (κ2) is 9.25. The highest BCUT2D eigenvalue weighted by Gasteiger charge is 2.04. The van der Waals surface area contributed by atoms with Gasteiger partial charge in [-0.3, -0.25) is 4.79 Å². The molecule has 1 N–H and O–H groups in total. The monoisotopic (exact) mass is 327 g/mol. The minimum atomic E-state index is -0.576. The number of hydrogen-bond acceptors (Lipinski definition) is 3. The first-order chi connectivity index (χ1) is 11.6. The van der Waals surface area contributed by atoms with Crippen LogP contribution in [0.4, 0.5) is 4.39 Å². The van der Waals surface area contributed by atoms with Gasteiger partial charge in [0.2, 0.25) is 0 Å². The van der Waals surface area contributed by atoms with Gasteiger partial charge in [-0.15, -0.1) is 0 Å². The van der Waals surface area contributed by atoms with Crippen molar-refractivity contribution < 1.29 is 18.7 Å². The van der Waals surface area contributed by atoms with E-state index >= 15 is 0 Å². The van der Waals surface area contributed by atoms with E-state index in [2.05, 4.69) is 5.32 Å². The summed E-state index contributed by atoms with van der Waals surface area (Å²) in [7, 11) is 0. The highest BCUT2D eigenvalue weighted by Crippen LogP contribution is 2.03. The van der Waals surface area contributed by atoms with Gasteiger partial charge in [-0.25, -0.2) is 9.18 Å². The molecule has 0 aliphatic rings. The van der Waals surface area contributed by atoms with E-state index in [0.717, 1.165) is 11.1 Å². The Labute approximate surface area is 140 Å². The summed E-state index contributed by atoms with van der Waals surface area (Å²) in [6.07, 6.45) is 3.48. The fourth-order valence-corrected chi connectivity index (χ4v) is 1.96. The average Bonchev–Trinajstić information content (AvgIpc) is 2.61. The number of nitrogens with one attached hydrogen (secondary N) is 1. The number of ether oxygens (including phenoxy) is 1. The van der Waals surface area contributed by atoms with Crippen molar-refractivity contribution in [2.24, 2.45) is 0 Å². The Balaban J connectivity index is 1.64. The summed E-state index contributed by atoms with van der Waals surface area (Å²) < 4.78 is 17.6. The largest absolute Gasteiger partial charge is 0.452 e. The van der Waals surface area contributed by atoms with Gasteiger partial charge in [0.05, 0.1) is 0 Å². The van der Waals surface area contributed by atoms with Crippen molar-refractivity contribution in [2.75, 3.05) is 13.2 Å². The van der Waals surface area contributed by atoms with E-state index in [-0.39, 0.29) is 18.3 Å². The lowest BCUT2D eigenvalue weighted by atomic mass is 10.1. The molecule has 2 aromatic rings. The first kappa shape index (κ1) is 17.4. The van der Waals surface area contributed by atoms with Gasteiger partial charge in [-0.2, -0.15) is 0 Å². The summed E-state index contributed by atoms with van der Waals surface area (Å²) in [5.41, 5.74) is 1.79. The summed E-state index contributed by atoms with van der Waals surface area (Å²) in [6, 6.07) is 15.4. The molecule has 0 heterocycles. The lowest BCUT2D eigenvalue weighted by Gasteiger charge is -2.05. The molecule has 0 radical (unpaired) electrons. The first-order valence-corrected chi connectivity index (χ1v) is 7.54. The van der Waals surface area contributed by atoms with Gasteiger partial charge in [-0.05, 0) is 35.8 Å². The number of carbonyl (C=O) groups excluding carboxylic acids is 2. The summed E-state index contributed by atoms with van der Waals surface area (Å²) in [5, 5.41) is 2.64. The molecule has 0 aliphatic carbocycles. The van der Waals surface area contributed by atoms with Crippen LogP contribution in [0.1, 0.15) is 11.1 Å². The van der Waals surface area contributed by atoms with Gasteiger partial charge in [0.1, 0.15) is 5.82 Å². The number of rotatable bonds is 7. The maximum Gasteiger partial charge on any atom is 0.331 e. The molecule has 0 atom stereocenters. The molecule has 4 nitrogen and oxygen atoms in total. The van der Waals surface area contributed by atoms with Crippen molar-refractivity contribution in [3.63, 3.8) is 0 Å². The third-order valence-electron chi connectivity index (χ3n) is 3.21. The first-order valence-electron chi connectivity index (χ1n) is 7.54. The predicted molar refractivity (Wildman–Crippen MR) is 89.5 cm³/mol. The number of halogens is 1. The van der Waals surface area contributed by atoms with Crippen molar-refractivity contribution in [1.82, 2.24) is 5.32 Å². The third kappa shape index (κ3) is 6.44. The lowest BCUT2D eigenvalue weighted by Crippen LogP contribution is -2.30. The van der Waals surface area contributed by atoms with Crippen LogP contribution in [0.15, 0.2) is 60.7 Å². The third-order valence-corrected chi connectivity index (χ3v) is 3.21. The van der Waals surface area contributed by atoms with Crippen LogP contribution in [0.25, 0.3) is 6.08 Å². The Morgan fingerprint density at radius 2 is 1.75 bits per heavy atom. The molecule has 0 aromatic heterocycles. The average molecular weight is 327 g/mol. The van der Waals surface area contributed by atoms with E-state index in [1.807, 2.05) is 30.3 Å². The van der Waals surface area contributed by atoms with E-state index in [9.17, 15) is 14.0 Å². The number of amides is 1. The fraction of sp³-hybridized carbons (Fsp3) is 0.158. The Hall–Kier alpha value is -2.95. The van der Waals surface area contributed by atoms with Crippen LogP contribution in [0.5, 0.6) is 0 Å². The van der Waals surface area contributed by atoms with E-state index in [1.165, 1.54) is 18.2 Å². The molecular formula is C19H18FNO3. The van der Waals surface area contributed by atoms with Gasteiger partial charge in [0.15, 0.2) is 6.61 Å². The second-order valence-corrected chi connectivity index (χ2v) is 5.08. The van der Waals surface area contributed by atoms with Crippen LogP contribution in [0.3, 0.4) is 0 Å². The van der Waals surface area contributed by atoms with Gasteiger partial charge >= 0.3 is 5.97 Å². The maximum atomic E-state index is 12.8. The minimum Gasteiger partial charge on any atom is -0.452 e. The van der Waals surface area contributed by atoms with E-state index in [1.54, 1.807) is 18.2 Å². The topological polar surface area (TPSA) is 55.4 Å². The zero-order valence-corrected chi connectivity index (χ0v) is 13.1. The zero-order chi connectivity index (χ0) is 17.2. The minimum absolute atomic E-state index is 0.293. The molecule has 124 valence electrons. The molecule has 1 amide bonds. The number of hydrogen-bond donors (Lipinski definition) is 1. The van der Waals surface area contributed by atoms with Crippen LogP contribution in [0.2, 0.25) is 0 Å². The molecule has 24 heavy (non-hydrogen) atoms. The molecule has 0 fully saturated rings. The SMILES string of the molecule is O=C(COC(=O)/C=C/c1ccccc1)NCCc1ccc(F)cc1. The Morgan fingerprint density at radius 3 is 2.46 bits per heavy atom. The normalized spacial score (nSPS) is 10.5. The Bertz CT molecular complexity index is 696. The summed E-state index contributed by atoms with van der Waals surface area (Å²) >= 11 is 0. The molecule has 0 spiro atoms. The van der Waals surface area contributed by atoms with E-state index in [4.69, 9.17) is 4.74 Å². The number of esters is 1. The fourth-order valence-electron chi connectivity index (χ4n) is 1.96. The van der Waals surface area contributed by atoms with Crippen molar-refractivity contribution in [2.45, 2.75) is 6.42 Å². The molecule has 5 heteroatoms. The second-order valence-electron chi connectivity index (χ2n) is 5.08. The van der Waals surface area contributed by atoms with Crippen LogP contribution in [-0.2, 0) is 20.7 Å². The summed E-state index contributed by atoms with van der Waals surface area (Å²) in [5.74, 6) is -1.25. The van der Waals surface area contributed by atoms with E-state index < -0.39 is 5.97 Å². The van der Waals surface area contributed by atoms with Crippen LogP contribution in [0, 0.1) is 5.82 Å². The Morgan fingerprint density at radius 1 is 1.04 bits per heavy atom. The van der Waals surface area contributed by atoms with Crippen molar-refractivity contribution in [3.8, 4) is 0 Å². The molecule has 0 bridgehead atoms. The molecular weight excluding hydrogens is 309 g/mol. The van der Waals surface area contributed by atoms with Crippen LogP contribution < -0.4 is 5.32 Å². The number of carbonyl (C=O) groups is 2. The molecule has 0 aliphatic heterocycles. The van der Waals surface area contributed by atoms with Crippen LogP contribution in [-0.4, -0.2) is 25.0 Å². The Kier molecular flexibility index (Phi) is 6.71. The highest BCUT2D eigenvalue weighted by molar-refractivity contribution is 5.89. The quantitative estimate of drug-likeness (QED) is 0.628. The van der Waals surface area contributed by atoms with Crippen molar-refractivity contribution in [3.05, 3.63) is 77.6 Å². The van der Waals surface area contributed by atoms with Crippen molar-refractivity contribution in [1.29, 1.82) is 0 Å². The number of benzene rings is 2. The van der Waals surface area contributed by atoms with Gasteiger partial charge < -0.3 is 10.1 Å². The van der Waals surface area contributed by atoms with Crippen LogP contribution >= 0.6 is 0 Å². The van der Waals surface area contributed by atoms with Gasteiger partial charge in [0.25, 0.3) is 5.91 Å². The van der Waals surface area contributed by atoms with Gasteiger partial charge in [0, 0.05) is 12.6 Å². The molecule has 2 aromatic carbocycles. The van der Waals surface area contributed by atoms with E-state index in [0.29, 0.717) is 13.0 Å². The summed E-state index contributed by atoms with van der Waals surface area (Å²) in [6.45, 7) is 0.0588. The van der Waals surface area contributed by atoms with Gasteiger partial charge in [-0.1, -0.05) is 42.5 Å². The highest BCUT2D eigenvalue weighted by atomic mass is 19.1. The lowest BCUT2D eigenvalue weighted by molar-refractivity contribution is -0.143. The standard InChI is InChI=1S/C19H18FNO3/c20-17-9-6-16(7-10-17)12-13-21-18(22)14-24-19(23)11-8-15-4-2-1-3-5-15/h1-11H,12-14H2,(H,21,22)/b11-8+.